The number of halogens is 1. The van der Waals surface area contributed by atoms with Crippen LogP contribution in [0.3, 0.4) is 0 Å². The molecular formula is C18H21ClN4O. The molecular weight excluding hydrogens is 324 g/mol. The van der Waals surface area contributed by atoms with E-state index < -0.39 is 0 Å². The number of aliphatic hydroxyl groups excluding tert-OH is 1. The molecule has 1 fully saturated rings. The van der Waals surface area contributed by atoms with Crippen LogP contribution in [0.1, 0.15) is 24.5 Å². The van der Waals surface area contributed by atoms with E-state index in [4.69, 9.17) is 11.6 Å². The Balaban J connectivity index is 1.52. The third-order valence-corrected chi connectivity index (χ3v) is 5.32. The molecule has 5 nitrogen and oxygen atoms in total. The first-order chi connectivity index (χ1) is 11.6. The van der Waals surface area contributed by atoms with Gasteiger partial charge in [0.1, 0.15) is 18.0 Å². The third kappa shape index (κ3) is 2.94. The summed E-state index contributed by atoms with van der Waals surface area (Å²) in [7, 11) is 0. The van der Waals surface area contributed by atoms with Gasteiger partial charge in [-0.1, -0.05) is 17.7 Å². The van der Waals surface area contributed by atoms with Crippen LogP contribution in [0.25, 0.3) is 0 Å². The Hall–Kier alpha value is -1.85. The van der Waals surface area contributed by atoms with Gasteiger partial charge >= 0.3 is 0 Å². The Morgan fingerprint density at radius 2 is 1.88 bits per heavy atom. The van der Waals surface area contributed by atoms with Gasteiger partial charge < -0.3 is 14.9 Å². The molecule has 1 aromatic heterocycles. The molecule has 3 heterocycles. The van der Waals surface area contributed by atoms with Gasteiger partial charge in [0.25, 0.3) is 0 Å². The molecule has 4 rings (SSSR count). The molecule has 1 saturated heterocycles. The number of rotatable bonds is 3. The number of benzene rings is 1. The second-order valence-electron chi connectivity index (χ2n) is 6.74. The minimum Gasteiger partial charge on any atom is -0.393 e. The van der Waals surface area contributed by atoms with Gasteiger partial charge in [0, 0.05) is 43.2 Å². The van der Waals surface area contributed by atoms with E-state index in [1.54, 1.807) is 6.33 Å². The zero-order valence-electron chi connectivity index (χ0n) is 13.7. The van der Waals surface area contributed by atoms with Gasteiger partial charge in [-0.05, 0) is 36.6 Å². The number of anilines is 2. The summed E-state index contributed by atoms with van der Waals surface area (Å²) in [4.78, 5) is 13.4. The lowest BCUT2D eigenvalue weighted by Crippen LogP contribution is -2.25. The summed E-state index contributed by atoms with van der Waals surface area (Å²) in [5.41, 5.74) is 2.56. The summed E-state index contributed by atoms with van der Waals surface area (Å²) in [6, 6.07) is 8.12. The number of aromatic nitrogens is 2. The smallest absolute Gasteiger partial charge is 0.134 e. The van der Waals surface area contributed by atoms with Gasteiger partial charge in [0.05, 0.1) is 6.10 Å². The molecule has 0 aliphatic carbocycles. The first-order valence-electron chi connectivity index (χ1n) is 8.37. The lowest BCUT2D eigenvalue weighted by atomic mass is 10.0. The van der Waals surface area contributed by atoms with Crippen molar-refractivity contribution in [2.24, 2.45) is 5.92 Å². The topological polar surface area (TPSA) is 52.5 Å². The Bertz CT molecular complexity index is 752. The fourth-order valence-electron chi connectivity index (χ4n) is 3.60. The lowest BCUT2D eigenvalue weighted by Gasteiger charge is -2.21. The molecule has 24 heavy (non-hydrogen) atoms. The Morgan fingerprint density at radius 1 is 1.12 bits per heavy atom. The van der Waals surface area contributed by atoms with E-state index in [1.807, 2.05) is 19.1 Å². The average Bonchev–Trinajstić information content (AvgIpc) is 3.21. The van der Waals surface area contributed by atoms with Crippen LogP contribution >= 0.6 is 11.6 Å². The summed E-state index contributed by atoms with van der Waals surface area (Å²) in [6.45, 7) is 5.32. The van der Waals surface area contributed by atoms with Crippen LogP contribution in [0.4, 0.5) is 11.6 Å². The SMILES string of the molecule is CC(O)C1CCN(c2cc(N3Cc4ccc(Cl)cc4C3)ncn2)C1. The molecule has 0 spiro atoms. The van der Waals surface area contributed by atoms with Crippen LogP contribution in [-0.4, -0.2) is 34.3 Å². The molecule has 0 amide bonds. The van der Waals surface area contributed by atoms with E-state index in [1.165, 1.54) is 11.1 Å². The van der Waals surface area contributed by atoms with Crippen LogP contribution < -0.4 is 9.80 Å². The molecule has 126 valence electrons. The first kappa shape index (κ1) is 15.7. The van der Waals surface area contributed by atoms with E-state index in [9.17, 15) is 5.11 Å². The van der Waals surface area contributed by atoms with Crippen molar-refractivity contribution < 1.29 is 5.11 Å². The van der Waals surface area contributed by atoms with Crippen LogP contribution in [0.2, 0.25) is 5.02 Å². The van der Waals surface area contributed by atoms with Gasteiger partial charge in [-0.2, -0.15) is 0 Å². The van der Waals surface area contributed by atoms with Gasteiger partial charge in [-0.3, -0.25) is 0 Å². The maximum atomic E-state index is 9.79. The van der Waals surface area contributed by atoms with Crippen molar-refractivity contribution in [3.8, 4) is 0 Å². The highest BCUT2D eigenvalue weighted by Gasteiger charge is 2.28. The summed E-state index contributed by atoms with van der Waals surface area (Å²) < 4.78 is 0. The highest BCUT2D eigenvalue weighted by molar-refractivity contribution is 6.30. The molecule has 2 atom stereocenters. The quantitative estimate of drug-likeness (QED) is 0.927. The van der Waals surface area contributed by atoms with E-state index in [2.05, 4.69) is 31.9 Å². The number of aliphatic hydroxyl groups is 1. The van der Waals surface area contributed by atoms with Crippen LogP contribution in [0.5, 0.6) is 0 Å². The van der Waals surface area contributed by atoms with Crippen molar-refractivity contribution in [2.45, 2.75) is 32.5 Å². The largest absolute Gasteiger partial charge is 0.393 e. The van der Waals surface area contributed by atoms with Crippen molar-refractivity contribution in [3.63, 3.8) is 0 Å². The van der Waals surface area contributed by atoms with Crippen LogP contribution in [0, 0.1) is 5.92 Å². The standard InChI is InChI=1S/C18H21ClN4O/c1-12(24)13-4-5-22(8-13)17-7-18(21-11-20-17)23-9-14-2-3-16(19)6-15(14)10-23/h2-3,6-7,11-13,24H,4-5,8-10H2,1H3. The number of hydrogen-bond donors (Lipinski definition) is 1. The van der Waals surface area contributed by atoms with Crippen LogP contribution in [0.15, 0.2) is 30.6 Å². The van der Waals surface area contributed by atoms with Crippen molar-refractivity contribution in [2.75, 3.05) is 22.9 Å². The zero-order chi connectivity index (χ0) is 16.7. The fourth-order valence-corrected chi connectivity index (χ4v) is 3.79. The average molecular weight is 345 g/mol. The normalized spacial score (nSPS) is 21.2. The van der Waals surface area contributed by atoms with Crippen molar-refractivity contribution in [3.05, 3.63) is 46.7 Å². The molecule has 2 aromatic rings. The van der Waals surface area contributed by atoms with Gasteiger partial charge in [-0.25, -0.2) is 9.97 Å². The summed E-state index contributed by atoms with van der Waals surface area (Å²) in [5.74, 6) is 2.20. The van der Waals surface area contributed by atoms with E-state index >= 15 is 0 Å². The Morgan fingerprint density at radius 3 is 2.62 bits per heavy atom. The van der Waals surface area contributed by atoms with Gasteiger partial charge in [0.15, 0.2) is 0 Å². The maximum Gasteiger partial charge on any atom is 0.134 e. The predicted octanol–water partition coefficient (Wildman–Crippen LogP) is 2.86. The third-order valence-electron chi connectivity index (χ3n) is 5.08. The predicted molar refractivity (Wildman–Crippen MR) is 95.4 cm³/mol. The molecule has 2 aliphatic rings. The first-order valence-corrected chi connectivity index (χ1v) is 8.75. The lowest BCUT2D eigenvalue weighted by molar-refractivity contribution is 0.136. The second kappa shape index (κ2) is 6.22. The van der Waals surface area contributed by atoms with Crippen molar-refractivity contribution in [1.29, 1.82) is 0 Å². The van der Waals surface area contributed by atoms with Crippen molar-refractivity contribution >= 4 is 23.2 Å². The monoisotopic (exact) mass is 344 g/mol. The molecule has 6 heteroatoms. The summed E-state index contributed by atoms with van der Waals surface area (Å²) in [5, 5.41) is 10.6. The number of fused-ring (bicyclic) bond motifs is 1. The molecule has 0 radical (unpaired) electrons. The maximum absolute atomic E-state index is 9.79. The summed E-state index contributed by atoms with van der Waals surface area (Å²) in [6.07, 6.45) is 2.37. The highest BCUT2D eigenvalue weighted by atomic mass is 35.5. The van der Waals surface area contributed by atoms with Crippen LogP contribution in [-0.2, 0) is 13.1 Å². The van der Waals surface area contributed by atoms with E-state index in [0.717, 1.165) is 49.3 Å². The zero-order valence-corrected chi connectivity index (χ0v) is 14.4. The number of hydrogen-bond acceptors (Lipinski definition) is 5. The minimum absolute atomic E-state index is 0.269. The molecule has 2 aliphatic heterocycles. The number of nitrogens with zero attached hydrogens (tertiary/aromatic N) is 4. The fraction of sp³-hybridized carbons (Fsp3) is 0.444. The molecule has 1 N–H and O–H groups in total. The highest BCUT2D eigenvalue weighted by Crippen LogP contribution is 2.31. The Labute approximate surface area is 146 Å². The molecule has 1 aromatic carbocycles. The van der Waals surface area contributed by atoms with Crippen molar-refractivity contribution in [1.82, 2.24) is 9.97 Å². The van der Waals surface area contributed by atoms with Gasteiger partial charge in [0.2, 0.25) is 0 Å². The molecule has 0 saturated carbocycles. The Kier molecular flexibility index (Phi) is 4.06. The van der Waals surface area contributed by atoms with Gasteiger partial charge in [-0.15, -0.1) is 0 Å². The van der Waals surface area contributed by atoms with E-state index in [-0.39, 0.29) is 6.10 Å². The minimum atomic E-state index is -0.269. The second-order valence-corrected chi connectivity index (χ2v) is 7.18. The van der Waals surface area contributed by atoms with E-state index in [0.29, 0.717) is 5.92 Å². The molecule has 2 unspecified atom stereocenters. The molecule has 0 bridgehead atoms. The summed E-state index contributed by atoms with van der Waals surface area (Å²) >= 11 is 6.10.